The van der Waals surface area contributed by atoms with Crippen molar-refractivity contribution in [2.24, 2.45) is 0 Å². The van der Waals surface area contributed by atoms with Crippen molar-refractivity contribution in [1.82, 2.24) is 10.6 Å². The summed E-state index contributed by atoms with van der Waals surface area (Å²) in [5, 5.41) is 8.10. The molecule has 138 valence electrons. The Morgan fingerprint density at radius 1 is 0.962 bits per heavy atom. The van der Waals surface area contributed by atoms with Crippen LogP contribution in [0.5, 0.6) is 0 Å². The Morgan fingerprint density at radius 2 is 1.62 bits per heavy atom. The zero-order valence-corrected chi connectivity index (χ0v) is 15.0. The molecule has 2 rings (SSSR count). The second-order valence-corrected chi connectivity index (χ2v) is 6.25. The van der Waals surface area contributed by atoms with Gasteiger partial charge in [0.15, 0.2) is 0 Å². The van der Waals surface area contributed by atoms with Gasteiger partial charge in [-0.05, 0) is 42.2 Å². The highest BCUT2D eigenvalue weighted by Gasteiger charge is 2.09. The van der Waals surface area contributed by atoms with Gasteiger partial charge in [0.2, 0.25) is 0 Å². The summed E-state index contributed by atoms with van der Waals surface area (Å²) in [6.45, 7) is 4.96. The molecule has 0 aliphatic heterocycles. The molecule has 2 aromatic rings. The molecule has 0 saturated heterocycles. The zero-order valence-electron chi connectivity index (χ0n) is 15.0. The number of benzene rings is 2. The van der Waals surface area contributed by atoms with Gasteiger partial charge in [-0.2, -0.15) is 0 Å². The second kappa shape index (κ2) is 9.56. The molecule has 0 aliphatic carbocycles. The van der Waals surface area contributed by atoms with Crippen LogP contribution in [0.15, 0.2) is 48.5 Å². The van der Waals surface area contributed by atoms with Gasteiger partial charge in [-0.3, -0.25) is 4.79 Å². The predicted octanol–water partition coefficient (Wildman–Crippen LogP) is 3.89. The third-order valence-electron chi connectivity index (χ3n) is 3.88. The SMILES string of the molecule is CC(C)c1ccc(NC(=O)NCCCNC(=O)c2ccccc2F)cc1. The van der Waals surface area contributed by atoms with Crippen molar-refractivity contribution in [1.29, 1.82) is 0 Å². The number of rotatable bonds is 7. The van der Waals surface area contributed by atoms with Crippen molar-refractivity contribution in [3.63, 3.8) is 0 Å². The summed E-state index contributed by atoms with van der Waals surface area (Å²) in [6, 6.07) is 13.2. The van der Waals surface area contributed by atoms with Crippen molar-refractivity contribution in [2.45, 2.75) is 26.2 Å². The lowest BCUT2D eigenvalue weighted by Crippen LogP contribution is -2.32. The minimum Gasteiger partial charge on any atom is -0.352 e. The Labute approximate surface area is 153 Å². The summed E-state index contributed by atoms with van der Waals surface area (Å²) in [5.74, 6) is -0.568. The quantitative estimate of drug-likeness (QED) is 0.658. The summed E-state index contributed by atoms with van der Waals surface area (Å²) in [5.41, 5.74) is 1.95. The van der Waals surface area contributed by atoms with E-state index in [1.54, 1.807) is 6.07 Å². The molecule has 0 spiro atoms. The maximum Gasteiger partial charge on any atom is 0.319 e. The van der Waals surface area contributed by atoms with Crippen molar-refractivity contribution in [2.75, 3.05) is 18.4 Å². The Hall–Kier alpha value is -2.89. The van der Waals surface area contributed by atoms with E-state index in [0.29, 0.717) is 25.4 Å². The van der Waals surface area contributed by atoms with Crippen LogP contribution < -0.4 is 16.0 Å². The largest absolute Gasteiger partial charge is 0.352 e. The van der Waals surface area contributed by atoms with Gasteiger partial charge in [0.25, 0.3) is 5.91 Å². The van der Waals surface area contributed by atoms with Gasteiger partial charge in [-0.25, -0.2) is 9.18 Å². The minimum atomic E-state index is -0.550. The standard InChI is InChI=1S/C20H24FN3O2/c1-14(2)15-8-10-16(11-9-15)24-20(26)23-13-5-12-22-19(25)17-6-3-4-7-18(17)21/h3-4,6-11,14H,5,12-13H2,1-2H3,(H,22,25)(H2,23,24,26). The number of anilines is 1. The number of amides is 3. The summed E-state index contributed by atoms with van der Waals surface area (Å²) < 4.78 is 13.5. The molecule has 0 radical (unpaired) electrons. The van der Waals surface area contributed by atoms with E-state index < -0.39 is 11.7 Å². The minimum absolute atomic E-state index is 0.0167. The molecular formula is C20H24FN3O2. The predicted molar refractivity (Wildman–Crippen MR) is 101 cm³/mol. The van der Waals surface area contributed by atoms with E-state index >= 15 is 0 Å². The smallest absolute Gasteiger partial charge is 0.319 e. The Bertz CT molecular complexity index is 745. The van der Waals surface area contributed by atoms with Crippen LogP contribution in [-0.4, -0.2) is 25.0 Å². The summed E-state index contributed by atoms with van der Waals surface area (Å²) >= 11 is 0. The van der Waals surface area contributed by atoms with Crippen LogP contribution >= 0.6 is 0 Å². The van der Waals surface area contributed by atoms with E-state index in [9.17, 15) is 14.0 Å². The molecule has 0 fully saturated rings. The van der Waals surface area contributed by atoms with E-state index in [-0.39, 0.29) is 11.6 Å². The normalized spacial score (nSPS) is 10.5. The average Bonchev–Trinajstić information content (AvgIpc) is 2.62. The monoisotopic (exact) mass is 357 g/mol. The molecule has 0 atom stereocenters. The van der Waals surface area contributed by atoms with Crippen LogP contribution in [0.25, 0.3) is 0 Å². The molecule has 6 heteroatoms. The Kier molecular flexibility index (Phi) is 7.14. The third kappa shape index (κ3) is 5.88. The number of hydrogen-bond acceptors (Lipinski definition) is 2. The van der Waals surface area contributed by atoms with Crippen molar-refractivity contribution < 1.29 is 14.0 Å². The lowest BCUT2D eigenvalue weighted by Gasteiger charge is -2.10. The molecule has 26 heavy (non-hydrogen) atoms. The highest BCUT2D eigenvalue weighted by molar-refractivity contribution is 5.94. The van der Waals surface area contributed by atoms with E-state index in [1.165, 1.54) is 23.8 Å². The fraction of sp³-hybridized carbons (Fsp3) is 0.300. The van der Waals surface area contributed by atoms with Crippen LogP contribution in [-0.2, 0) is 0 Å². The molecule has 2 aromatic carbocycles. The zero-order chi connectivity index (χ0) is 18.9. The molecule has 3 N–H and O–H groups in total. The van der Waals surface area contributed by atoms with Crippen LogP contribution in [0.3, 0.4) is 0 Å². The number of urea groups is 1. The molecule has 0 aliphatic rings. The van der Waals surface area contributed by atoms with Crippen LogP contribution in [0.4, 0.5) is 14.9 Å². The number of carbonyl (C=O) groups is 2. The van der Waals surface area contributed by atoms with Crippen molar-refractivity contribution >= 4 is 17.6 Å². The van der Waals surface area contributed by atoms with Gasteiger partial charge in [0.05, 0.1) is 5.56 Å². The van der Waals surface area contributed by atoms with Gasteiger partial charge < -0.3 is 16.0 Å². The lowest BCUT2D eigenvalue weighted by molar-refractivity contribution is 0.0949. The summed E-state index contributed by atoms with van der Waals surface area (Å²) in [4.78, 5) is 23.7. The summed E-state index contributed by atoms with van der Waals surface area (Å²) in [7, 11) is 0. The first-order chi connectivity index (χ1) is 12.5. The second-order valence-electron chi connectivity index (χ2n) is 6.25. The molecule has 0 saturated carbocycles. The lowest BCUT2D eigenvalue weighted by atomic mass is 10.0. The van der Waals surface area contributed by atoms with Gasteiger partial charge in [0, 0.05) is 18.8 Å². The molecular weight excluding hydrogens is 333 g/mol. The number of hydrogen-bond donors (Lipinski definition) is 3. The molecule has 0 aromatic heterocycles. The van der Waals surface area contributed by atoms with Crippen molar-refractivity contribution in [3.05, 3.63) is 65.5 Å². The van der Waals surface area contributed by atoms with Gasteiger partial charge in [0.1, 0.15) is 5.82 Å². The summed E-state index contributed by atoms with van der Waals surface area (Å²) in [6.07, 6.45) is 0.542. The first-order valence-electron chi connectivity index (χ1n) is 8.65. The number of carbonyl (C=O) groups excluding carboxylic acids is 2. The third-order valence-corrected chi connectivity index (χ3v) is 3.88. The van der Waals surface area contributed by atoms with Gasteiger partial charge >= 0.3 is 6.03 Å². The molecule has 0 heterocycles. The molecule has 3 amide bonds. The van der Waals surface area contributed by atoms with Crippen molar-refractivity contribution in [3.8, 4) is 0 Å². The molecule has 0 bridgehead atoms. The first kappa shape index (κ1) is 19.4. The van der Waals surface area contributed by atoms with E-state index in [2.05, 4.69) is 29.8 Å². The van der Waals surface area contributed by atoms with Gasteiger partial charge in [-0.15, -0.1) is 0 Å². The van der Waals surface area contributed by atoms with E-state index in [1.807, 2.05) is 24.3 Å². The topological polar surface area (TPSA) is 70.2 Å². The fourth-order valence-electron chi connectivity index (χ4n) is 2.36. The van der Waals surface area contributed by atoms with E-state index in [4.69, 9.17) is 0 Å². The number of nitrogens with one attached hydrogen (secondary N) is 3. The van der Waals surface area contributed by atoms with Crippen LogP contribution in [0.1, 0.15) is 42.1 Å². The average molecular weight is 357 g/mol. The Balaban J connectivity index is 1.65. The first-order valence-corrected chi connectivity index (χ1v) is 8.65. The highest BCUT2D eigenvalue weighted by Crippen LogP contribution is 2.16. The van der Waals surface area contributed by atoms with Crippen LogP contribution in [0.2, 0.25) is 0 Å². The number of halogens is 1. The molecule has 5 nitrogen and oxygen atoms in total. The van der Waals surface area contributed by atoms with Gasteiger partial charge in [-0.1, -0.05) is 38.1 Å². The Morgan fingerprint density at radius 3 is 2.27 bits per heavy atom. The molecule has 0 unspecified atom stereocenters. The van der Waals surface area contributed by atoms with Crippen LogP contribution in [0, 0.1) is 5.82 Å². The fourth-order valence-corrected chi connectivity index (χ4v) is 2.36. The highest BCUT2D eigenvalue weighted by atomic mass is 19.1. The van der Waals surface area contributed by atoms with E-state index in [0.717, 1.165) is 5.69 Å². The maximum absolute atomic E-state index is 13.5. The maximum atomic E-state index is 13.5.